The third-order valence-electron chi connectivity index (χ3n) is 6.93. The topological polar surface area (TPSA) is 64.3 Å². The third kappa shape index (κ3) is 4.31. The second-order valence-corrected chi connectivity index (χ2v) is 9.30. The summed E-state index contributed by atoms with van der Waals surface area (Å²) >= 11 is 0. The van der Waals surface area contributed by atoms with Crippen LogP contribution >= 0.6 is 0 Å². The van der Waals surface area contributed by atoms with Crippen LogP contribution in [0.1, 0.15) is 28.6 Å². The molecule has 1 aliphatic heterocycles. The zero-order valence-corrected chi connectivity index (χ0v) is 21.3. The first-order valence-corrected chi connectivity index (χ1v) is 12.4. The maximum atomic E-state index is 14.6. The molecule has 1 aliphatic rings. The number of ether oxygens (including phenoxy) is 1. The average Bonchev–Trinajstić information content (AvgIpc) is 3.51. The van der Waals surface area contributed by atoms with E-state index in [2.05, 4.69) is 5.32 Å². The molecule has 0 aliphatic carbocycles. The van der Waals surface area contributed by atoms with Gasteiger partial charge in [0.15, 0.2) is 0 Å². The van der Waals surface area contributed by atoms with Crippen molar-refractivity contribution in [2.75, 3.05) is 12.4 Å². The number of carbonyl (C=O) groups is 1. The number of amides is 2. The number of methoxy groups -OCH3 is 1. The first kappa shape index (κ1) is 24.4. The number of hydrogen-bond donors (Lipinski definition) is 1. The van der Waals surface area contributed by atoms with Gasteiger partial charge in [-0.1, -0.05) is 30.3 Å². The number of benzene rings is 3. The molecule has 0 spiro atoms. The lowest BCUT2D eigenvalue weighted by Crippen LogP contribution is -2.38. The monoisotopic (exact) mass is 525 g/mol. The van der Waals surface area contributed by atoms with Crippen LogP contribution in [0.15, 0.2) is 91.1 Å². The van der Waals surface area contributed by atoms with Gasteiger partial charge in [0.25, 0.3) is 0 Å². The first-order valence-electron chi connectivity index (χ1n) is 12.4. The summed E-state index contributed by atoms with van der Waals surface area (Å²) in [6, 6.07) is 23.1. The van der Waals surface area contributed by atoms with E-state index in [0.717, 1.165) is 46.2 Å². The van der Waals surface area contributed by atoms with E-state index >= 15 is 0 Å². The quantitative estimate of drug-likeness (QED) is 0.296. The van der Waals surface area contributed by atoms with Crippen LogP contribution in [0.2, 0.25) is 0 Å². The molecule has 0 radical (unpaired) electrons. The summed E-state index contributed by atoms with van der Waals surface area (Å²) in [5, 5.41) is 7.48. The normalized spacial score (nSPS) is 14.4. The number of halogens is 2. The fourth-order valence-electron chi connectivity index (χ4n) is 5.09. The van der Waals surface area contributed by atoms with Gasteiger partial charge < -0.3 is 19.5 Å². The molecule has 0 bridgehead atoms. The maximum absolute atomic E-state index is 14.6. The molecule has 3 aromatic carbocycles. The number of aryl methyl sites for hydroxylation is 1. The van der Waals surface area contributed by atoms with E-state index in [-0.39, 0.29) is 12.2 Å². The third-order valence-corrected chi connectivity index (χ3v) is 6.93. The minimum absolute atomic E-state index is 0.109. The van der Waals surface area contributed by atoms with Crippen molar-refractivity contribution < 1.29 is 18.3 Å². The number of aromatic nitrogens is 3. The van der Waals surface area contributed by atoms with Gasteiger partial charge in [-0.2, -0.15) is 5.10 Å². The largest absolute Gasteiger partial charge is 0.497 e. The van der Waals surface area contributed by atoms with Gasteiger partial charge in [-0.15, -0.1) is 0 Å². The lowest BCUT2D eigenvalue weighted by molar-refractivity contribution is 0.194. The van der Waals surface area contributed by atoms with Crippen molar-refractivity contribution in [2.24, 2.45) is 0 Å². The van der Waals surface area contributed by atoms with Gasteiger partial charge in [-0.3, -0.25) is 0 Å². The van der Waals surface area contributed by atoms with Crippen LogP contribution in [0.4, 0.5) is 19.3 Å². The van der Waals surface area contributed by atoms with Crippen molar-refractivity contribution in [3.63, 3.8) is 0 Å². The Kier molecular flexibility index (Phi) is 6.11. The molecular weight excluding hydrogens is 500 g/mol. The highest BCUT2D eigenvalue weighted by atomic mass is 19.1. The molecule has 3 heterocycles. The lowest BCUT2D eigenvalue weighted by Gasteiger charge is -2.31. The van der Waals surface area contributed by atoms with Crippen molar-refractivity contribution in [2.45, 2.75) is 19.5 Å². The molecule has 0 saturated heterocycles. The van der Waals surface area contributed by atoms with E-state index in [1.54, 1.807) is 12.0 Å². The number of nitrogens with zero attached hydrogens (tertiary/aromatic N) is 4. The Morgan fingerprint density at radius 2 is 1.82 bits per heavy atom. The Balaban J connectivity index is 1.54. The molecule has 2 amide bonds. The van der Waals surface area contributed by atoms with Crippen molar-refractivity contribution >= 4 is 11.7 Å². The molecule has 7 nitrogen and oxygen atoms in total. The maximum Gasteiger partial charge on any atom is 0.323 e. The molecule has 1 unspecified atom stereocenters. The summed E-state index contributed by atoms with van der Waals surface area (Å²) in [6.07, 6.45) is 1.95. The zero-order chi connectivity index (χ0) is 27.1. The van der Waals surface area contributed by atoms with Crippen LogP contribution in [0, 0.1) is 18.6 Å². The Labute approximate surface area is 223 Å². The highest BCUT2D eigenvalue weighted by Gasteiger charge is 2.36. The number of fused-ring (bicyclic) bond motifs is 3. The molecule has 1 atom stereocenters. The van der Waals surface area contributed by atoms with Crippen LogP contribution in [0.25, 0.3) is 11.5 Å². The van der Waals surface area contributed by atoms with Crippen molar-refractivity contribution in [3.8, 4) is 17.3 Å². The Hall–Kier alpha value is -4.92. The Morgan fingerprint density at radius 1 is 1.00 bits per heavy atom. The zero-order valence-electron chi connectivity index (χ0n) is 21.3. The van der Waals surface area contributed by atoms with Gasteiger partial charge in [0.1, 0.15) is 23.2 Å². The molecule has 6 rings (SSSR count). The summed E-state index contributed by atoms with van der Waals surface area (Å²) in [5.41, 5.74) is 4.00. The molecule has 2 aromatic heterocycles. The predicted molar refractivity (Wildman–Crippen MR) is 143 cm³/mol. The number of nitrogens with one attached hydrogen (secondary N) is 1. The number of carbonyl (C=O) groups excluding carboxylic acids is 1. The SMILES string of the molecule is COc1cccc(C2c3cccn3-c3c(c(C)nn3-c3ccccc3)CN2C(=O)Nc2ccc(F)cc2F)c1. The summed E-state index contributed by atoms with van der Waals surface area (Å²) < 4.78 is 37.5. The van der Waals surface area contributed by atoms with E-state index < -0.39 is 23.7 Å². The molecular formula is C30H25F2N5O2. The fourth-order valence-corrected chi connectivity index (χ4v) is 5.09. The van der Waals surface area contributed by atoms with Crippen molar-refractivity contribution in [1.82, 2.24) is 19.2 Å². The highest BCUT2D eigenvalue weighted by Crippen LogP contribution is 2.39. The van der Waals surface area contributed by atoms with Crippen LogP contribution in [0.3, 0.4) is 0 Å². The minimum atomic E-state index is -0.853. The molecule has 5 aromatic rings. The highest BCUT2D eigenvalue weighted by molar-refractivity contribution is 5.90. The molecule has 9 heteroatoms. The summed E-state index contributed by atoms with van der Waals surface area (Å²) in [4.78, 5) is 15.6. The van der Waals surface area contributed by atoms with E-state index in [0.29, 0.717) is 5.75 Å². The van der Waals surface area contributed by atoms with Crippen LogP contribution in [-0.2, 0) is 6.54 Å². The number of rotatable bonds is 4. The van der Waals surface area contributed by atoms with Crippen molar-refractivity contribution in [1.29, 1.82) is 0 Å². The second kappa shape index (κ2) is 9.75. The van der Waals surface area contributed by atoms with Gasteiger partial charge >= 0.3 is 6.03 Å². The van der Waals surface area contributed by atoms with Gasteiger partial charge in [-0.25, -0.2) is 18.3 Å². The van der Waals surface area contributed by atoms with E-state index in [9.17, 15) is 13.6 Å². The minimum Gasteiger partial charge on any atom is -0.497 e. The van der Waals surface area contributed by atoms with Gasteiger partial charge in [0, 0.05) is 17.8 Å². The lowest BCUT2D eigenvalue weighted by atomic mass is 10.0. The Bertz CT molecular complexity index is 1680. The van der Waals surface area contributed by atoms with Crippen LogP contribution < -0.4 is 10.1 Å². The molecule has 0 saturated carbocycles. The smallest absolute Gasteiger partial charge is 0.323 e. The van der Waals surface area contributed by atoms with E-state index in [4.69, 9.17) is 9.84 Å². The number of anilines is 1. The number of hydrogen-bond acceptors (Lipinski definition) is 3. The van der Waals surface area contributed by atoms with Gasteiger partial charge in [0.2, 0.25) is 0 Å². The average molecular weight is 526 g/mol. The van der Waals surface area contributed by atoms with E-state index in [1.165, 1.54) is 6.07 Å². The summed E-state index contributed by atoms with van der Waals surface area (Å²) in [7, 11) is 1.59. The second-order valence-electron chi connectivity index (χ2n) is 9.30. The van der Waals surface area contributed by atoms with Crippen molar-refractivity contribution in [3.05, 3.63) is 125 Å². The predicted octanol–water partition coefficient (Wildman–Crippen LogP) is 6.40. The molecule has 0 fully saturated rings. The number of para-hydroxylation sites is 1. The summed E-state index contributed by atoms with van der Waals surface area (Å²) in [5.74, 6) is -0.118. The fraction of sp³-hybridized carbons (Fsp3) is 0.133. The Morgan fingerprint density at radius 3 is 2.59 bits per heavy atom. The van der Waals surface area contributed by atoms with Crippen LogP contribution in [-0.4, -0.2) is 32.4 Å². The first-order chi connectivity index (χ1) is 18.9. The van der Waals surface area contributed by atoms with E-state index in [1.807, 2.05) is 89.1 Å². The summed E-state index contributed by atoms with van der Waals surface area (Å²) in [6.45, 7) is 2.09. The van der Waals surface area contributed by atoms with Crippen LogP contribution in [0.5, 0.6) is 5.75 Å². The molecule has 1 N–H and O–H groups in total. The van der Waals surface area contributed by atoms with Gasteiger partial charge in [-0.05, 0) is 61.0 Å². The number of urea groups is 1. The molecule has 39 heavy (non-hydrogen) atoms. The molecule has 196 valence electrons. The van der Waals surface area contributed by atoms with Gasteiger partial charge in [0.05, 0.1) is 42.5 Å². The standard InChI is InChI=1S/C30H25F2N5O2/c1-19-24-18-36(30(38)33-26-14-13-21(31)17-25(26)32)28(20-8-6-11-23(16-20)39-2)27-12-7-15-35(27)29(24)37(34-19)22-9-4-3-5-10-22/h3-17,28H,18H2,1-2H3,(H,33,38).